The van der Waals surface area contributed by atoms with Gasteiger partial charge in [-0.25, -0.2) is 8.78 Å². The number of methoxy groups -OCH3 is 1. The van der Waals surface area contributed by atoms with Crippen molar-refractivity contribution in [3.63, 3.8) is 0 Å². The molecule has 34 heavy (non-hydrogen) atoms. The first kappa shape index (κ1) is 24.4. The van der Waals surface area contributed by atoms with E-state index in [1.165, 1.54) is 0 Å². The van der Waals surface area contributed by atoms with Crippen LogP contribution in [0.3, 0.4) is 0 Å². The number of nitrogens with two attached hydrogens (primary N) is 1. The van der Waals surface area contributed by atoms with Crippen molar-refractivity contribution in [2.45, 2.75) is 38.3 Å². The average molecular weight is 476 g/mol. The number of ether oxygens (including phenoxy) is 2. The molecule has 0 radical (unpaired) electrons. The van der Waals surface area contributed by atoms with E-state index in [9.17, 15) is 13.2 Å². The average Bonchev–Trinajstić information content (AvgIpc) is 3.20. The van der Waals surface area contributed by atoms with Crippen molar-refractivity contribution in [2.24, 2.45) is 11.7 Å². The highest BCUT2D eigenvalue weighted by molar-refractivity contribution is 5.85. The molecule has 0 spiro atoms. The second-order valence-corrected chi connectivity index (χ2v) is 8.90. The molecular weight excluding hydrogens is 443 g/mol. The number of fused-ring (bicyclic) bond motifs is 3. The highest BCUT2D eigenvalue weighted by Gasteiger charge is 2.38. The van der Waals surface area contributed by atoms with Crippen LogP contribution in [-0.4, -0.2) is 55.8 Å². The predicted octanol–water partition coefficient (Wildman–Crippen LogP) is 5.09. The van der Waals surface area contributed by atoms with Gasteiger partial charge in [-0.15, -0.1) is 0 Å². The van der Waals surface area contributed by atoms with Crippen LogP contribution in [0.1, 0.15) is 36.2 Å². The maximum absolute atomic E-state index is 13.7. The first-order valence-corrected chi connectivity index (χ1v) is 11.7. The number of hydrogen-bond acceptors (Lipinski definition) is 4. The zero-order valence-electron chi connectivity index (χ0n) is 19.6. The minimum atomic E-state index is -2.48. The van der Waals surface area contributed by atoms with Crippen LogP contribution in [0, 0.1) is 5.92 Å². The van der Waals surface area contributed by atoms with Crippen molar-refractivity contribution in [3.05, 3.63) is 59.3 Å². The van der Waals surface area contributed by atoms with E-state index in [4.69, 9.17) is 15.2 Å². The molecule has 3 N–H and O–H groups in total. The second-order valence-electron chi connectivity index (χ2n) is 8.90. The topological polar surface area (TPSA) is 63.5 Å². The molecule has 3 aromatic rings. The van der Waals surface area contributed by atoms with Crippen LogP contribution < -0.4 is 15.2 Å². The maximum atomic E-state index is 13.7. The molecule has 5 nitrogen and oxygen atoms in total. The lowest BCUT2D eigenvalue weighted by atomic mass is 9.88. The number of H-pyrrole nitrogens is 1. The van der Waals surface area contributed by atoms with Gasteiger partial charge in [0.25, 0.3) is 6.43 Å². The SMILES string of the molecule is COc1ccc(OCCC(CN)CF)cc1[C@@H]1c2[nH]c3ccccc3c2C[C@@H](C)N1CC(F)F. The number of nitrogens with zero attached hydrogens (tertiary/aromatic N) is 1. The summed E-state index contributed by atoms with van der Waals surface area (Å²) in [5.74, 6) is 0.935. The lowest BCUT2D eigenvalue weighted by Gasteiger charge is -2.41. The number of alkyl halides is 3. The zero-order chi connectivity index (χ0) is 24.2. The molecule has 4 rings (SSSR count). The van der Waals surface area contributed by atoms with Crippen LogP contribution in [0.4, 0.5) is 13.2 Å². The van der Waals surface area contributed by atoms with Crippen LogP contribution in [0.5, 0.6) is 11.5 Å². The van der Waals surface area contributed by atoms with Gasteiger partial charge in [0.1, 0.15) is 11.5 Å². The number of benzene rings is 2. The molecule has 2 aromatic carbocycles. The minimum Gasteiger partial charge on any atom is -0.496 e. The lowest BCUT2D eigenvalue weighted by molar-refractivity contribution is 0.0449. The van der Waals surface area contributed by atoms with E-state index in [0.29, 0.717) is 30.9 Å². The molecule has 184 valence electrons. The molecule has 8 heteroatoms. The summed E-state index contributed by atoms with van der Waals surface area (Å²) in [6.45, 7) is 1.72. The molecule has 0 saturated heterocycles. The zero-order valence-corrected chi connectivity index (χ0v) is 19.6. The molecule has 1 aliphatic rings. The van der Waals surface area contributed by atoms with Gasteiger partial charge in [0.15, 0.2) is 0 Å². The van der Waals surface area contributed by atoms with Crippen molar-refractivity contribution in [1.82, 2.24) is 9.88 Å². The Morgan fingerprint density at radius 3 is 2.71 bits per heavy atom. The number of para-hydroxylation sites is 1. The maximum Gasteiger partial charge on any atom is 0.251 e. The number of halogens is 3. The van der Waals surface area contributed by atoms with Crippen LogP contribution in [0.15, 0.2) is 42.5 Å². The fourth-order valence-electron chi connectivity index (χ4n) is 4.90. The largest absolute Gasteiger partial charge is 0.496 e. The molecule has 0 fully saturated rings. The van der Waals surface area contributed by atoms with Crippen LogP contribution in [-0.2, 0) is 6.42 Å². The third-order valence-corrected chi connectivity index (χ3v) is 6.71. The lowest BCUT2D eigenvalue weighted by Crippen LogP contribution is -2.45. The van der Waals surface area contributed by atoms with Gasteiger partial charge in [-0.2, -0.15) is 0 Å². The van der Waals surface area contributed by atoms with E-state index >= 15 is 0 Å². The molecule has 3 atom stereocenters. The summed E-state index contributed by atoms with van der Waals surface area (Å²) >= 11 is 0. The molecule has 0 amide bonds. The molecule has 0 bridgehead atoms. The van der Waals surface area contributed by atoms with Crippen molar-refractivity contribution >= 4 is 10.9 Å². The molecule has 1 unspecified atom stereocenters. The fourth-order valence-corrected chi connectivity index (χ4v) is 4.90. The normalized spacial score (nSPS) is 19.4. The van der Waals surface area contributed by atoms with Gasteiger partial charge in [-0.05, 0) is 56.1 Å². The predicted molar refractivity (Wildman–Crippen MR) is 128 cm³/mol. The third kappa shape index (κ3) is 4.88. The van der Waals surface area contributed by atoms with E-state index in [1.807, 2.05) is 36.1 Å². The van der Waals surface area contributed by atoms with E-state index in [0.717, 1.165) is 27.7 Å². The monoisotopic (exact) mass is 475 g/mol. The van der Waals surface area contributed by atoms with Gasteiger partial charge in [0.05, 0.1) is 33.0 Å². The summed E-state index contributed by atoms with van der Waals surface area (Å²) in [5, 5.41) is 1.11. The Labute approximate surface area is 198 Å². The number of rotatable bonds is 10. The Hall–Kier alpha value is -2.71. The Morgan fingerprint density at radius 2 is 2.00 bits per heavy atom. The molecule has 2 heterocycles. The third-order valence-electron chi connectivity index (χ3n) is 6.71. The highest BCUT2D eigenvalue weighted by atomic mass is 19.3. The summed E-state index contributed by atoms with van der Waals surface area (Å²) in [7, 11) is 1.57. The Morgan fingerprint density at radius 1 is 1.21 bits per heavy atom. The van der Waals surface area contributed by atoms with Crippen LogP contribution >= 0.6 is 0 Å². The molecule has 0 aliphatic carbocycles. The minimum absolute atomic E-state index is 0.102. The van der Waals surface area contributed by atoms with Gasteiger partial charge in [-0.1, -0.05) is 18.2 Å². The highest BCUT2D eigenvalue weighted by Crippen LogP contribution is 2.44. The standard InChI is InChI=1S/C26H32F3N3O2/c1-16-11-20-19-5-3-4-6-22(19)31-25(20)26(32(16)15-24(28)29)21-12-18(7-8-23(21)33-2)34-10-9-17(13-27)14-30/h3-8,12,16-17,24,26,31H,9-11,13-15,30H2,1-2H3/t16-,17?,26-/m1/s1. The molecule has 0 saturated carbocycles. The summed E-state index contributed by atoms with van der Waals surface area (Å²) in [6, 6.07) is 12.9. The van der Waals surface area contributed by atoms with Crippen molar-refractivity contribution in [3.8, 4) is 11.5 Å². The van der Waals surface area contributed by atoms with Crippen LogP contribution in [0.25, 0.3) is 10.9 Å². The second kappa shape index (κ2) is 10.7. The van der Waals surface area contributed by atoms with Crippen molar-refractivity contribution in [1.29, 1.82) is 0 Å². The first-order valence-electron chi connectivity index (χ1n) is 11.7. The van der Waals surface area contributed by atoms with Gasteiger partial charge in [-0.3, -0.25) is 9.29 Å². The van der Waals surface area contributed by atoms with E-state index in [-0.39, 0.29) is 25.0 Å². The molecule has 1 aromatic heterocycles. The van der Waals surface area contributed by atoms with Gasteiger partial charge >= 0.3 is 0 Å². The molecule has 1 aliphatic heterocycles. The van der Waals surface area contributed by atoms with Crippen LogP contribution in [0.2, 0.25) is 0 Å². The summed E-state index contributed by atoms with van der Waals surface area (Å²) in [5.41, 5.74) is 9.36. The van der Waals surface area contributed by atoms with E-state index in [1.54, 1.807) is 19.2 Å². The Bertz CT molecular complexity index is 1100. The van der Waals surface area contributed by atoms with E-state index in [2.05, 4.69) is 11.1 Å². The Kier molecular flexibility index (Phi) is 7.68. The van der Waals surface area contributed by atoms with Crippen molar-refractivity contribution < 1.29 is 22.6 Å². The van der Waals surface area contributed by atoms with Gasteiger partial charge < -0.3 is 20.2 Å². The van der Waals surface area contributed by atoms with E-state index < -0.39 is 19.1 Å². The number of hydrogen-bond donors (Lipinski definition) is 2. The summed E-state index contributed by atoms with van der Waals surface area (Å²) in [6.07, 6.45) is -1.31. The first-order chi connectivity index (χ1) is 16.5. The summed E-state index contributed by atoms with van der Waals surface area (Å²) < 4.78 is 51.9. The molecular formula is C26H32F3N3O2. The van der Waals surface area contributed by atoms with Crippen molar-refractivity contribution in [2.75, 3.05) is 33.5 Å². The fraction of sp³-hybridized carbons (Fsp3) is 0.462. The Balaban J connectivity index is 1.76. The quantitative estimate of drug-likeness (QED) is 0.429. The number of aromatic amines is 1. The van der Waals surface area contributed by atoms with Gasteiger partial charge in [0.2, 0.25) is 0 Å². The number of nitrogens with one attached hydrogen (secondary N) is 1. The van der Waals surface area contributed by atoms with Gasteiger partial charge in [0, 0.05) is 34.1 Å². The smallest absolute Gasteiger partial charge is 0.251 e. The number of aromatic nitrogens is 1. The summed E-state index contributed by atoms with van der Waals surface area (Å²) in [4.78, 5) is 5.32.